The van der Waals surface area contributed by atoms with Crippen molar-refractivity contribution >= 4 is 16.8 Å². The summed E-state index contributed by atoms with van der Waals surface area (Å²) >= 11 is 0. The summed E-state index contributed by atoms with van der Waals surface area (Å²) in [6.07, 6.45) is 1.36. The predicted octanol–water partition coefficient (Wildman–Crippen LogP) is 3.15. The fourth-order valence-electron chi connectivity index (χ4n) is 3.33. The van der Waals surface area contributed by atoms with Crippen LogP contribution in [0.4, 0.5) is 0 Å². The number of H-pyrrole nitrogens is 1. The van der Waals surface area contributed by atoms with E-state index in [4.69, 9.17) is 9.47 Å². The average Bonchev–Trinajstić information content (AvgIpc) is 2.73. The number of carbonyl (C=O) groups is 1. The molecule has 0 fully saturated rings. The van der Waals surface area contributed by atoms with Crippen molar-refractivity contribution in [3.63, 3.8) is 0 Å². The highest BCUT2D eigenvalue weighted by molar-refractivity contribution is 5.82. The molecular formula is C23H26N2O4. The maximum Gasteiger partial charge on any atom is 0.251 e. The summed E-state index contributed by atoms with van der Waals surface area (Å²) in [5, 5.41) is 3.89. The zero-order valence-corrected chi connectivity index (χ0v) is 17.0. The molecule has 0 unspecified atom stereocenters. The molecule has 1 amide bonds. The molecule has 0 saturated carbocycles. The third-order valence-corrected chi connectivity index (χ3v) is 4.97. The first-order chi connectivity index (χ1) is 14.0. The molecule has 2 N–H and O–H groups in total. The van der Waals surface area contributed by atoms with Gasteiger partial charge in [-0.3, -0.25) is 9.59 Å². The van der Waals surface area contributed by atoms with Gasteiger partial charge >= 0.3 is 0 Å². The molecule has 0 aliphatic heterocycles. The Bertz CT molecular complexity index is 1070. The van der Waals surface area contributed by atoms with Crippen LogP contribution >= 0.6 is 0 Å². The molecule has 29 heavy (non-hydrogen) atoms. The lowest BCUT2D eigenvalue weighted by molar-refractivity contribution is -0.121. The SMILES string of the molecule is COc1ccc(CCNC(=O)CCc2cc3cccc(C)c3[nH]c2=O)cc1OC. The van der Waals surface area contributed by atoms with E-state index in [1.54, 1.807) is 14.2 Å². The summed E-state index contributed by atoms with van der Waals surface area (Å²) in [6.45, 7) is 2.48. The van der Waals surface area contributed by atoms with E-state index in [2.05, 4.69) is 10.3 Å². The largest absolute Gasteiger partial charge is 0.493 e. The third kappa shape index (κ3) is 4.96. The Kier molecular flexibility index (Phi) is 6.54. The number of aromatic amines is 1. The van der Waals surface area contributed by atoms with Gasteiger partial charge in [0.25, 0.3) is 5.56 Å². The number of pyridine rings is 1. The van der Waals surface area contributed by atoms with E-state index >= 15 is 0 Å². The van der Waals surface area contributed by atoms with Crippen LogP contribution in [-0.2, 0) is 17.6 Å². The number of amides is 1. The predicted molar refractivity (Wildman–Crippen MR) is 114 cm³/mol. The number of para-hydroxylation sites is 1. The van der Waals surface area contributed by atoms with E-state index in [0.717, 1.165) is 22.0 Å². The number of hydrogen-bond acceptors (Lipinski definition) is 4. The molecule has 0 atom stereocenters. The Morgan fingerprint density at radius 1 is 1.03 bits per heavy atom. The van der Waals surface area contributed by atoms with Gasteiger partial charge in [-0.05, 0) is 54.5 Å². The topological polar surface area (TPSA) is 80.4 Å². The van der Waals surface area contributed by atoms with Gasteiger partial charge in [0.05, 0.1) is 19.7 Å². The van der Waals surface area contributed by atoms with Crippen molar-refractivity contribution < 1.29 is 14.3 Å². The normalized spacial score (nSPS) is 10.7. The van der Waals surface area contributed by atoms with Crippen molar-refractivity contribution in [2.24, 2.45) is 0 Å². The number of methoxy groups -OCH3 is 2. The molecule has 3 rings (SSSR count). The molecule has 6 nitrogen and oxygen atoms in total. The Morgan fingerprint density at radius 3 is 2.59 bits per heavy atom. The number of hydrogen-bond donors (Lipinski definition) is 2. The number of rotatable bonds is 8. The third-order valence-electron chi connectivity index (χ3n) is 4.97. The van der Waals surface area contributed by atoms with Crippen LogP contribution in [0.25, 0.3) is 10.9 Å². The van der Waals surface area contributed by atoms with Crippen LogP contribution in [0.2, 0.25) is 0 Å². The Balaban J connectivity index is 1.53. The molecule has 1 heterocycles. The lowest BCUT2D eigenvalue weighted by atomic mass is 10.1. The molecular weight excluding hydrogens is 368 g/mol. The highest BCUT2D eigenvalue weighted by Crippen LogP contribution is 2.27. The molecule has 152 valence electrons. The fraction of sp³-hybridized carbons (Fsp3) is 0.304. The van der Waals surface area contributed by atoms with E-state index in [9.17, 15) is 9.59 Å². The van der Waals surface area contributed by atoms with Crippen LogP contribution in [0, 0.1) is 6.92 Å². The minimum Gasteiger partial charge on any atom is -0.493 e. The van der Waals surface area contributed by atoms with Crippen LogP contribution in [0.1, 0.15) is 23.1 Å². The van der Waals surface area contributed by atoms with E-state index in [1.165, 1.54) is 0 Å². The van der Waals surface area contributed by atoms with Gasteiger partial charge in [0, 0.05) is 18.5 Å². The minimum atomic E-state index is -0.134. The van der Waals surface area contributed by atoms with Gasteiger partial charge in [-0.1, -0.05) is 24.3 Å². The molecule has 0 aliphatic rings. The van der Waals surface area contributed by atoms with Crippen LogP contribution < -0.4 is 20.3 Å². The molecule has 0 bridgehead atoms. The quantitative estimate of drug-likeness (QED) is 0.615. The van der Waals surface area contributed by atoms with Crippen molar-refractivity contribution in [2.75, 3.05) is 20.8 Å². The van der Waals surface area contributed by atoms with Crippen molar-refractivity contribution in [1.29, 1.82) is 0 Å². The number of aryl methyl sites for hydroxylation is 2. The maximum atomic E-state index is 12.3. The number of carbonyl (C=O) groups excluding carboxylic acids is 1. The Hall–Kier alpha value is -3.28. The Morgan fingerprint density at radius 2 is 1.83 bits per heavy atom. The molecule has 2 aromatic carbocycles. The second-order valence-corrected chi connectivity index (χ2v) is 6.95. The highest BCUT2D eigenvalue weighted by atomic mass is 16.5. The Labute approximate surface area is 169 Å². The van der Waals surface area contributed by atoms with Crippen molar-refractivity contribution in [3.8, 4) is 11.5 Å². The van der Waals surface area contributed by atoms with Gasteiger partial charge in [0.2, 0.25) is 5.91 Å². The summed E-state index contributed by atoms with van der Waals surface area (Å²) in [7, 11) is 3.19. The summed E-state index contributed by atoms with van der Waals surface area (Å²) in [4.78, 5) is 27.4. The van der Waals surface area contributed by atoms with Crippen LogP contribution in [0.5, 0.6) is 11.5 Å². The second kappa shape index (κ2) is 9.28. The van der Waals surface area contributed by atoms with Gasteiger partial charge in [0.15, 0.2) is 11.5 Å². The van der Waals surface area contributed by atoms with Gasteiger partial charge in [-0.15, -0.1) is 0 Å². The summed E-state index contributed by atoms with van der Waals surface area (Å²) in [5.74, 6) is 1.27. The molecule has 0 saturated heterocycles. The van der Waals surface area contributed by atoms with Gasteiger partial charge in [0.1, 0.15) is 0 Å². The zero-order valence-electron chi connectivity index (χ0n) is 17.0. The van der Waals surface area contributed by atoms with E-state index in [1.807, 2.05) is 49.4 Å². The van der Waals surface area contributed by atoms with E-state index in [0.29, 0.717) is 36.4 Å². The second-order valence-electron chi connectivity index (χ2n) is 6.95. The van der Waals surface area contributed by atoms with Crippen LogP contribution in [0.15, 0.2) is 47.3 Å². The average molecular weight is 394 g/mol. The monoisotopic (exact) mass is 394 g/mol. The molecule has 3 aromatic rings. The van der Waals surface area contributed by atoms with Gasteiger partial charge in [-0.25, -0.2) is 0 Å². The fourth-order valence-corrected chi connectivity index (χ4v) is 3.33. The number of fused-ring (bicyclic) bond motifs is 1. The summed E-state index contributed by atoms with van der Waals surface area (Å²) in [5.41, 5.74) is 3.41. The number of benzene rings is 2. The molecule has 0 spiro atoms. The number of nitrogens with one attached hydrogen (secondary N) is 2. The number of aromatic nitrogens is 1. The minimum absolute atomic E-state index is 0.0748. The van der Waals surface area contributed by atoms with Crippen molar-refractivity contribution in [1.82, 2.24) is 10.3 Å². The maximum absolute atomic E-state index is 12.3. The lowest BCUT2D eigenvalue weighted by Gasteiger charge is -2.10. The standard InChI is InChI=1S/C23H26N2O4/c1-15-5-4-6-17-14-18(23(27)25-22(15)17)8-10-21(26)24-12-11-16-7-9-19(28-2)20(13-16)29-3/h4-7,9,13-14H,8,10-12H2,1-3H3,(H,24,26)(H,25,27). The zero-order chi connectivity index (χ0) is 20.8. The van der Waals surface area contributed by atoms with Gasteiger partial charge in [-0.2, -0.15) is 0 Å². The van der Waals surface area contributed by atoms with E-state index < -0.39 is 0 Å². The molecule has 0 radical (unpaired) electrons. The summed E-state index contributed by atoms with van der Waals surface area (Å²) in [6, 6.07) is 13.5. The smallest absolute Gasteiger partial charge is 0.251 e. The highest BCUT2D eigenvalue weighted by Gasteiger charge is 2.09. The number of ether oxygens (including phenoxy) is 2. The lowest BCUT2D eigenvalue weighted by Crippen LogP contribution is -2.26. The van der Waals surface area contributed by atoms with Gasteiger partial charge < -0.3 is 19.8 Å². The molecule has 6 heteroatoms. The summed E-state index contributed by atoms with van der Waals surface area (Å²) < 4.78 is 10.5. The van der Waals surface area contributed by atoms with E-state index in [-0.39, 0.29) is 17.9 Å². The molecule has 0 aliphatic carbocycles. The first-order valence-corrected chi connectivity index (χ1v) is 9.61. The van der Waals surface area contributed by atoms with Crippen LogP contribution in [0.3, 0.4) is 0 Å². The van der Waals surface area contributed by atoms with Crippen molar-refractivity contribution in [2.45, 2.75) is 26.2 Å². The first-order valence-electron chi connectivity index (χ1n) is 9.61. The first kappa shape index (κ1) is 20.5. The van der Waals surface area contributed by atoms with Crippen molar-refractivity contribution in [3.05, 3.63) is 69.5 Å². The molecule has 1 aromatic heterocycles. The van der Waals surface area contributed by atoms with Crippen LogP contribution in [-0.4, -0.2) is 31.7 Å².